The Balaban J connectivity index is 2.94. The molecule has 6 heteroatoms. The highest BCUT2D eigenvalue weighted by Gasteiger charge is 2.10. The van der Waals surface area contributed by atoms with Gasteiger partial charge in [-0.05, 0) is 39.0 Å². The number of benzene rings is 1. The van der Waals surface area contributed by atoms with E-state index in [1.807, 2.05) is 27.0 Å². The number of rotatable bonds is 1. The van der Waals surface area contributed by atoms with Gasteiger partial charge in [-0.15, -0.1) is 0 Å². The molecule has 96 valence electrons. The van der Waals surface area contributed by atoms with Crippen LogP contribution in [0.25, 0.3) is 0 Å². The number of anilines is 1. The van der Waals surface area contributed by atoms with E-state index in [2.05, 4.69) is 15.6 Å². The first-order valence-electron chi connectivity index (χ1n) is 5.29. The van der Waals surface area contributed by atoms with Crippen LogP contribution in [0.1, 0.15) is 20.8 Å². The Kier molecular flexibility index (Phi) is 4.83. The van der Waals surface area contributed by atoms with Crippen molar-refractivity contribution in [3.05, 3.63) is 28.2 Å². The number of nitriles is 1. The molecule has 0 aliphatic carbocycles. The van der Waals surface area contributed by atoms with Crippen molar-refractivity contribution in [3.63, 3.8) is 0 Å². The third-order valence-corrected chi connectivity index (χ3v) is 2.54. The maximum absolute atomic E-state index is 8.68. The number of hydrogen-bond donors (Lipinski definition) is 2. The number of nitrogens with zero attached hydrogens (tertiary/aromatic N) is 2. The molecule has 0 fully saturated rings. The minimum absolute atomic E-state index is 0.303. The number of guanidine groups is 1. The summed E-state index contributed by atoms with van der Waals surface area (Å²) in [5.74, 6) is 0.364. The normalized spacial score (nSPS) is 11.9. The molecular formula is C12H14Cl2N4. The lowest BCUT2D eigenvalue weighted by molar-refractivity contribution is 0.581. The van der Waals surface area contributed by atoms with Crippen LogP contribution in [0.5, 0.6) is 0 Å². The second-order valence-electron chi connectivity index (χ2n) is 4.62. The van der Waals surface area contributed by atoms with Crippen LogP contribution < -0.4 is 10.6 Å². The average Bonchev–Trinajstić information content (AvgIpc) is 2.21. The predicted molar refractivity (Wildman–Crippen MR) is 76.0 cm³/mol. The fourth-order valence-corrected chi connectivity index (χ4v) is 1.48. The van der Waals surface area contributed by atoms with Crippen molar-refractivity contribution < 1.29 is 0 Å². The van der Waals surface area contributed by atoms with Gasteiger partial charge in [0.25, 0.3) is 0 Å². The molecule has 0 spiro atoms. The van der Waals surface area contributed by atoms with Crippen LogP contribution in [0.4, 0.5) is 5.69 Å². The number of nitrogens with one attached hydrogen (secondary N) is 2. The zero-order valence-corrected chi connectivity index (χ0v) is 11.9. The third-order valence-electron chi connectivity index (χ3n) is 1.80. The molecular weight excluding hydrogens is 271 g/mol. The monoisotopic (exact) mass is 284 g/mol. The van der Waals surface area contributed by atoms with E-state index >= 15 is 0 Å². The van der Waals surface area contributed by atoms with Crippen LogP contribution in [-0.2, 0) is 0 Å². The molecule has 4 nitrogen and oxygen atoms in total. The summed E-state index contributed by atoms with van der Waals surface area (Å²) in [5, 5.41) is 15.1. The fraction of sp³-hybridized carbons (Fsp3) is 0.333. The average molecular weight is 285 g/mol. The van der Waals surface area contributed by atoms with Gasteiger partial charge in [0, 0.05) is 5.69 Å². The number of halogens is 2. The molecule has 0 saturated carbocycles. The van der Waals surface area contributed by atoms with Crippen LogP contribution in [0.3, 0.4) is 0 Å². The molecule has 0 saturated heterocycles. The second kappa shape index (κ2) is 5.94. The first kappa shape index (κ1) is 14.6. The smallest absolute Gasteiger partial charge is 0.209 e. The summed E-state index contributed by atoms with van der Waals surface area (Å²) < 4.78 is 0. The summed E-state index contributed by atoms with van der Waals surface area (Å²) in [7, 11) is 0. The summed E-state index contributed by atoms with van der Waals surface area (Å²) in [6.45, 7) is 5.80. The Morgan fingerprint density at radius 1 is 1.28 bits per heavy atom. The molecule has 1 aromatic rings. The third kappa shape index (κ3) is 4.82. The van der Waals surface area contributed by atoms with Gasteiger partial charge in [0.2, 0.25) is 5.96 Å². The van der Waals surface area contributed by atoms with E-state index in [0.717, 1.165) is 0 Å². The van der Waals surface area contributed by atoms with Gasteiger partial charge in [0.05, 0.1) is 15.6 Å². The predicted octanol–water partition coefficient (Wildman–Crippen LogP) is 3.63. The van der Waals surface area contributed by atoms with Crippen molar-refractivity contribution in [2.45, 2.75) is 26.3 Å². The van der Waals surface area contributed by atoms with Crippen molar-refractivity contribution >= 4 is 34.8 Å². The minimum Gasteiger partial charge on any atom is -0.325 e. The van der Waals surface area contributed by atoms with Crippen LogP contribution in [0, 0.1) is 11.5 Å². The summed E-state index contributed by atoms with van der Waals surface area (Å²) in [6, 6.07) is 5.10. The quantitative estimate of drug-likeness (QED) is 0.358. The standard InChI is InChI=1S/C12H14Cl2N4/c1-12(2,3)18-11(16-7-15)17-8-4-5-9(13)10(14)6-8/h4-6H,1-3H3,(H2,16,17,18). The maximum atomic E-state index is 8.68. The fourth-order valence-electron chi connectivity index (χ4n) is 1.19. The molecule has 0 aliphatic rings. The summed E-state index contributed by atoms with van der Waals surface area (Å²) in [6.07, 6.45) is 1.83. The van der Waals surface area contributed by atoms with E-state index in [-0.39, 0.29) is 5.54 Å². The molecule has 1 aromatic carbocycles. The first-order valence-corrected chi connectivity index (χ1v) is 6.04. The van der Waals surface area contributed by atoms with Gasteiger partial charge in [0.15, 0.2) is 6.19 Å². The Hall–Kier alpha value is -1.44. The molecule has 0 amide bonds. The van der Waals surface area contributed by atoms with E-state index in [9.17, 15) is 0 Å². The maximum Gasteiger partial charge on any atom is 0.209 e. The molecule has 18 heavy (non-hydrogen) atoms. The van der Waals surface area contributed by atoms with Gasteiger partial charge < -0.3 is 5.32 Å². The van der Waals surface area contributed by atoms with Crippen LogP contribution in [0.15, 0.2) is 23.2 Å². The first-order chi connectivity index (χ1) is 8.31. The topological polar surface area (TPSA) is 60.2 Å². The molecule has 0 aromatic heterocycles. The second-order valence-corrected chi connectivity index (χ2v) is 5.44. The van der Waals surface area contributed by atoms with Crippen molar-refractivity contribution in [2.75, 3.05) is 5.32 Å². The summed E-state index contributed by atoms with van der Waals surface area (Å²) in [4.78, 5) is 4.34. The van der Waals surface area contributed by atoms with E-state index in [1.165, 1.54) is 0 Å². The van der Waals surface area contributed by atoms with Crippen LogP contribution >= 0.6 is 23.2 Å². The summed E-state index contributed by atoms with van der Waals surface area (Å²) >= 11 is 11.7. The summed E-state index contributed by atoms with van der Waals surface area (Å²) in [5.41, 5.74) is 0.401. The van der Waals surface area contributed by atoms with Crippen molar-refractivity contribution in [1.29, 1.82) is 5.26 Å². The molecule has 0 aliphatic heterocycles. The molecule has 0 radical (unpaired) electrons. The SMILES string of the molecule is CC(C)(C)N=C(NC#N)Nc1ccc(Cl)c(Cl)c1. The van der Waals surface area contributed by atoms with Gasteiger partial charge in [-0.3, -0.25) is 5.32 Å². The number of aliphatic imine (C=N–C) groups is 1. The Morgan fingerprint density at radius 2 is 1.94 bits per heavy atom. The van der Waals surface area contributed by atoms with Gasteiger partial charge in [0.1, 0.15) is 0 Å². The highest BCUT2D eigenvalue weighted by atomic mass is 35.5. The Bertz CT molecular complexity index is 498. The van der Waals surface area contributed by atoms with E-state index in [4.69, 9.17) is 28.5 Å². The van der Waals surface area contributed by atoms with E-state index < -0.39 is 0 Å². The van der Waals surface area contributed by atoms with Crippen molar-refractivity contribution in [2.24, 2.45) is 4.99 Å². The lowest BCUT2D eigenvalue weighted by atomic mass is 10.1. The molecule has 0 unspecified atom stereocenters. The van der Waals surface area contributed by atoms with Gasteiger partial charge in [-0.1, -0.05) is 23.2 Å². The highest BCUT2D eigenvalue weighted by molar-refractivity contribution is 6.42. The molecule has 0 heterocycles. The van der Waals surface area contributed by atoms with Crippen molar-refractivity contribution in [1.82, 2.24) is 5.32 Å². The minimum atomic E-state index is -0.303. The van der Waals surface area contributed by atoms with Crippen LogP contribution in [0.2, 0.25) is 10.0 Å². The van der Waals surface area contributed by atoms with Crippen LogP contribution in [-0.4, -0.2) is 11.5 Å². The van der Waals surface area contributed by atoms with Gasteiger partial charge >= 0.3 is 0 Å². The largest absolute Gasteiger partial charge is 0.325 e. The highest BCUT2D eigenvalue weighted by Crippen LogP contribution is 2.25. The lowest BCUT2D eigenvalue weighted by Crippen LogP contribution is -2.30. The van der Waals surface area contributed by atoms with E-state index in [0.29, 0.717) is 21.7 Å². The van der Waals surface area contributed by atoms with Gasteiger partial charge in [-0.2, -0.15) is 5.26 Å². The molecule has 0 bridgehead atoms. The zero-order valence-electron chi connectivity index (χ0n) is 10.4. The number of hydrogen-bond acceptors (Lipinski definition) is 2. The van der Waals surface area contributed by atoms with Gasteiger partial charge in [-0.25, -0.2) is 4.99 Å². The molecule has 0 atom stereocenters. The Morgan fingerprint density at radius 3 is 2.44 bits per heavy atom. The molecule has 1 rings (SSSR count). The van der Waals surface area contributed by atoms with Crippen molar-refractivity contribution in [3.8, 4) is 6.19 Å². The lowest BCUT2D eigenvalue weighted by Gasteiger charge is -2.16. The Labute approximate surface area is 117 Å². The zero-order chi connectivity index (χ0) is 13.8. The van der Waals surface area contributed by atoms with E-state index in [1.54, 1.807) is 18.2 Å². The molecule has 2 N–H and O–H groups in total.